The van der Waals surface area contributed by atoms with Crippen LogP contribution in [0.3, 0.4) is 0 Å². The maximum Gasteiger partial charge on any atom is 0.422 e. The minimum absolute atomic E-state index is 0.0837. The van der Waals surface area contributed by atoms with E-state index in [0.717, 1.165) is 18.4 Å². The topological polar surface area (TPSA) is 67.4 Å². The zero-order valence-corrected chi connectivity index (χ0v) is 16.0. The molecule has 0 radical (unpaired) electrons. The van der Waals surface area contributed by atoms with Gasteiger partial charge in [0.15, 0.2) is 6.61 Å². The summed E-state index contributed by atoms with van der Waals surface area (Å²) in [5, 5.41) is 5.56. The maximum atomic E-state index is 12.2. The van der Waals surface area contributed by atoms with Crippen molar-refractivity contribution >= 4 is 17.9 Å². The number of amides is 2. The van der Waals surface area contributed by atoms with E-state index >= 15 is 0 Å². The first-order valence-electron chi connectivity index (χ1n) is 9.44. The van der Waals surface area contributed by atoms with Crippen LogP contribution in [-0.4, -0.2) is 30.6 Å². The van der Waals surface area contributed by atoms with E-state index < -0.39 is 12.8 Å². The fraction of sp³-hybridized carbons (Fsp3) is 0.273. The number of benzene rings is 2. The predicted molar refractivity (Wildman–Crippen MR) is 106 cm³/mol. The summed E-state index contributed by atoms with van der Waals surface area (Å²) in [5.41, 5.74) is 1.94. The van der Waals surface area contributed by atoms with Crippen LogP contribution in [0.15, 0.2) is 54.6 Å². The van der Waals surface area contributed by atoms with Gasteiger partial charge in [0.1, 0.15) is 5.75 Å². The van der Waals surface area contributed by atoms with Crippen molar-refractivity contribution in [3.63, 3.8) is 0 Å². The van der Waals surface area contributed by atoms with Crippen LogP contribution in [0.2, 0.25) is 0 Å². The van der Waals surface area contributed by atoms with Crippen LogP contribution in [0.1, 0.15) is 34.3 Å². The van der Waals surface area contributed by atoms with Gasteiger partial charge in [-0.25, -0.2) is 0 Å². The molecule has 2 amide bonds. The number of alkyl halides is 3. The summed E-state index contributed by atoms with van der Waals surface area (Å²) in [6.07, 6.45) is 0.595. The van der Waals surface area contributed by atoms with E-state index in [2.05, 4.69) is 10.6 Å². The molecule has 0 aliphatic heterocycles. The lowest BCUT2D eigenvalue weighted by atomic mass is 10.1. The van der Waals surface area contributed by atoms with Crippen molar-refractivity contribution in [1.82, 2.24) is 10.6 Å². The van der Waals surface area contributed by atoms with Gasteiger partial charge in [0.25, 0.3) is 5.91 Å². The van der Waals surface area contributed by atoms with Gasteiger partial charge >= 0.3 is 6.18 Å². The third-order valence-corrected chi connectivity index (χ3v) is 4.28. The lowest BCUT2D eigenvalue weighted by Crippen LogP contribution is -2.25. The van der Waals surface area contributed by atoms with E-state index in [0.29, 0.717) is 11.1 Å². The van der Waals surface area contributed by atoms with Crippen molar-refractivity contribution in [3.8, 4) is 5.75 Å². The average molecular weight is 418 g/mol. The molecule has 0 aromatic heterocycles. The third kappa shape index (κ3) is 7.27. The van der Waals surface area contributed by atoms with Crippen LogP contribution in [0.5, 0.6) is 5.75 Å². The molecule has 0 heterocycles. The number of carbonyl (C=O) groups excluding carboxylic acids is 2. The molecule has 158 valence electrons. The number of nitrogens with one attached hydrogen (secondary N) is 2. The molecule has 3 rings (SSSR count). The highest BCUT2D eigenvalue weighted by molar-refractivity contribution is 5.95. The minimum atomic E-state index is -4.41. The largest absolute Gasteiger partial charge is 0.484 e. The Morgan fingerprint density at radius 1 is 1.10 bits per heavy atom. The third-order valence-electron chi connectivity index (χ3n) is 4.28. The smallest absolute Gasteiger partial charge is 0.422 e. The van der Waals surface area contributed by atoms with Crippen LogP contribution >= 0.6 is 0 Å². The zero-order chi connectivity index (χ0) is 21.6. The maximum absolute atomic E-state index is 12.2. The number of ether oxygens (including phenoxy) is 1. The van der Waals surface area contributed by atoms with Crippen LogP contribution < -0.4 is 15.4 Å². The highest BCUT2D eigenvalue weighted by Gasteiger charge is 2.28. The molecule has 1 aliphatic rings. The fourth-order valence-electron chi connectivity index (χ4n) is 2.57. The second-order valence-electron chi connectivity index (χ2n) is 6.97. The molecule has 1 fully saturated rings. The Labute approximate surface area is 171 Å². The summed E-state index contributed by atoms with van der Waals surface area (Å²) in [6, 6.07) is 13.3. The molecular formula is C22H21F3N2O3. The minimum Gasteiger partial charge on any atom is -0.484 e. The van der Waals surface area contributed by atoms with Crippen LogP contribution in [0.25, 0.3) is 6.08 Å². The Balaban J connectivity index is 1.47. The van der Waals surface area contributed by atoms with Gasteiger partial charge in [-0.1, -0.05) is 24.3 Å². The van der Waals surface area contributed by atoms with E-state index in [1.807, 2.05) is 0 Å². The van der Waals surface area contributed by atoms with Gasteiger partial charge in [0, 0.05) is 24.2 Å². The molecule has 2 aromatic rings. The summed E-state index contributed by atoms with van der Waals surface area (Å²) in [7, 11) is 0. The van der Waals surface area contributed by atoms with Gasteiger partial charge in [-0.2, -0.15) is 13.2 Å². The van der Waals surface area contributed by atoms with Gasteiger partial charge in [0.05, 0.1) is 0 Å². The highest BCUT2D eigenvalue weighted by atomic mass is 19.4. The SMILES string of the molecule is O=C(/C=C/c1ccc(C(=O)NC2CC2)cc1)NCc1cccc(OCC(F)(F)F)c1. The van der Waals surface area contributed by atoms with Gasteiger partial charge in [-0.15, -0.1) is 0 Å². The summed E-state index contributed by atoms with van der Waals surface area (Å²) in [4.78, 5) is 23.9. The quantitative estimate of drug-likeness (QED) is 0.640. The van der Waals surface area contributed by atoms with Crippen molar-refractivity contribution in [2.45, 2.75) is 31.6 Å². The van der Waals surface area contributed by atoms with E-state index in [-0.39, 0.29) is 30.2 Å². The van der Waals surface area contributed by atoms with Gasteiger partial charge in [0.2, 0.25) is 5.91 Å². The number of hydrogen-bond donors (Lipinski definition) is 2. The first kappa shape index (κ1) is 21.4. The highest BCUT2D eigenvalue weighted by Crippen LogP contribution is 2.20. The Kier molecular flexibility index (Phi) is 6.76. The summed E-state index contributed by atoms with van der Waals surface area (Å²) in [6.45, 7) is -1.22. The first-order chi connectivity index (χ1) is 14.3. The molecule has 1 aliphatic carbocycles. The predicted octanol–water partition coefficient (Wildman–Crippen LogP) is 3.85. The van der Waals surface area contributed by atoms with E-state index in [9.17, 15) is 22.8 Å². The molecule has 0 saturated heterocycles. The molecule has 1 saturated carbocycles. The summed E-state index contributed by atoms with van der Waals surface area (Å²) >= 11 is 0. The second kappa shape index (κ2) is 9.47. The molecule has 0 atom stereocenters. The monoisotopic (exact) mass is 418 g/mol. The molecule has 0 bridgehead atoms. The van der Waals surface area contributed by atoms with E-state index in [1.54, 1.807) is 42.5 Å². The van der Waals surface area contributed by atoms with Crippen molar-refractivity contribution in [2.24, 2.45) is 0 Å². The Bertz CT molecular complexity index is 920. The molecule has 8 heteroatoms. The van der Waals surface area contributed by atoms with Gasteiger partial charge in [-0.3, -0.25) is 9.59 Å². The first-order valence-corrected chi connectivity index (χ1v) is 9.44. The normalized spacial score (nSPS) is 13.8. The Hall–Kier alpha value is -3.29. The van der Waals surface area contributed by atoms with Gasteiger partial charge < -0.3 is 15.4 Å². The second-order valence-corrected chi connectivity index (χ2v) is 6.97. The average Bonchev–Trinajstić information content (AvgIpc) is 3.53. The van der Waals surface area contributed by atoms with Gasteiger partial charge in [-0.05, 0) is 54.3 Å². The zero-order valence-electron chi connectivity index (χ0n) is 16.0. The molecule has 30 heavy (non-hydrogen) atoms. The standard InChI is InChI=1S/C22H21F3N2O3/c23-22(24,25)14-30-19-3-1-2-16(12-19)13-26-20(28)11-6-15-4-7-17(8-5-15)21(29)27-18-9-10-18/h1-8,11-12,18H,9-10,13-14H2,(H,26,28)(H,27,29)/b11-6+. The lowest BCUT2D eigenvalue weighted by Gasteiger charge is -2.10. The molecular weight excluding hydrogens is 397 g/mol. The Morgan fingerprint density at radius 3 is 2.50 bits per heavy atom. The van der Waals surface area contributed by atoms with Crippen LogP contribution in [0, 0.1) is 0 Å². The summed E-state index contributed by atoms with van der Waals surface area (Å²) in [5.74, 6) is -0.375. The van der Waals surface area contributed by atoms with Crippen LogP contribution in [0.4, 0.5) is 13.2 Å². The lowest BCUT2D eigenvalue weighted by molar-refractivity contribution is -0.153. The number of halogens is 3. The van der Waals surface area contributed by atoms with Crippen molar-refractivity contribution in [1.29, 1.82) is 0 Å². The number of carbonyl (C=O) groups is 2. The van der Waals surface area contributed by atoms with Crippen molar-refractivity contribution in [2.75, 3.05) is 6.61 Å². The van der Waals surface area contributed by atoms with E-state index in [1.165, 1.54) is 18.2 Å². The van der Waals surface area contributed by atoms with Crippen molar-refractivity contribution < 1.29 is 27.5 Å². The molecule has 0 spiro atoms. The molecule has 0 unspecified atom stereocenters. The number of rotatable bonds is 8. The van der Waals surface area contributed by atoms with Crippen molar-refractivity contribution in [3.05, 3.63) is 71.3 Å². The fourth-order valence-corrected chi connectivity index (χ4v) is 2.57. The Morgan fingerprint density at radius 2 is 1.83 bits per heavy atom. The molecule has 2 N–H and O–H groups in total. The summed E-state index contributed by atoms with van der Waals surface area (Å²) < 4.78 is 41.4. The van der Waals surface area contributed by atoms with Crippen LogP contribution in [-0.2, 0) is 11.3 Å². The van der Waals surface area contributed by atoms with E-state index in [4.69, 9.17) is 4.74 Å². The number of hydrogen-bond acceptors (Lipinski definition) is 3. The molecule has 2 aromatic carbocycles. The molecule has 5 nitrogen and oxygen atoms in total.